The van der Waals surface area contributed by atoms with Gasteiger partial charge in [0.1, 0.15) is 6.33 Å². The molecule has 0 aliphatic carbocycles. The molecule has 0 radical (unpaired) electrons. The number of hydrogen-bond donors (Lipinski definition) is 2. The van der Waals surface area contributed by atoms with Gasteiger partial charge in [0, 0.05) is 7.05 Å². The number of para-hydroxylation sites is 1. The van der Waals surface area contributed by atoms with Crippen molar-refractivity contribution in [2.45, 2.75) is 13.5 Å². The first kappa shape index (κ1) is 13.9. The molecule has 0 spiro atoms. The molecule has 3 N–H and O–H groups in total. The Morgan fingerprint density at radius 1 is 1.50 bits per heavy atom. The summed E-state index contributed by atoms with van der Waals surface area (Å²) in [7, 11) is 1.84. The Morgan fingerprint density at radius 3 is 2.95 bits per heavy atom. The predicted molar refractivity (Wildman–Crippen MR) is 75.1 cm³/mol. The number of nitrogens with two attached hydrogens (primary N) is 1. The first-order chi connectivity index (χ1) is 9.63. The van der Waals surface area contributed by atoms with E-state index in [9.17, 15) is 4.79 Å². The van der Waals surface area contributed by atoms with Gasteiger partial charge in [0.25, 0.3) is 0 Å². The molecule has 0 atom stereocenters. The van der Waals surface area contributed by atoms with Crippen LogP contribution in [0.2, 0.25) is 0 Å². The lowest BCUT2D eigenvalue weighted by atomic mass is 10.1. The van der Waals surface area contributed by atoms with Crippen molar-refractivity contribution in [2.24, 2.45) is 7.05 Å². The molecule has 0 unspecified atom stereocenters. The third-order valence-corrected chi connectivity index (χ3v) is 2.82. The van der Waals surface area contributed by atoms with E-state index in [0.717, 1.165) is 5.82 Å². The van der Waals surface area contributed by atoms with Crippen LogP contribution in [-0.4, -0.2) is 27.3 Å². The van der Waals surface area contributed by atoms with E-state index in [0.29, 0.717) is 30.1 Å². The molecule has 1 aromatic heterocycles. The molecule has 0 saturated heterocycles. The summed E-state index contributed by atoms with van der Waals surface area (Å²) in [4.78, 5) is 11.9. The number of ether oxygens (including phenoxy) is 1. The lowest BCUT2D eigenvalue weighted by molar-refractivity contribution is 0.0527. The van der Waals surface area contributed by atoms with Gasteiger partial charge in [-0.25, -0.2) is 4.79 Å². The molecule has 1 heterocycles. The van der Waals surface area contributed by atoms with Crippen LogP contribution in [0, 0.1) is 0 Å². The number of rotatable bonds is 5. The quantitative estimate of drug-likeness (QED) is 0.628. The Balaban J connectivity index is 2.22. The molecule has 1 aromatic carbocycles. The van der Waals surface area contributed by atoms with Gasteiger partial charge >= 0.3 is 5.97 Å². The molecular formula is C13H17N5O2. The van der Waals surface area contributed by atoms with E-state index < -0.39 is 5.97 Å². The Morgan fingerprint density at radius 2 is 2.30 bits per heavy atom. The first-order valence-corrected chi connectivity index (χ1v) is 6.25. The van der Waals surface area contributed by atoms with Crippen LogP contribution in [0.15, 0.2) is 24.5 Å². The average molecular weight is 275 g/mol. The van der Waals surface area contributed by atoms with Crippen LogP contribution < -0.4 is 11.1 Å². The second-order valence-corrected chi connectivity index (χ2v) is 4.20. The van der Waals surface area contributed by atoms with Crippen molar-refractivity contribution in [1.82, 2.24) is 14.8 Å². The molecule has 0 aliphatic heterocycles. The zero-order chi connectivity index (χ0) is 14.5. The van der Waals surface area contributed by atoms with E-state index in [1.165, 1.54) is 0 Å². The van der Waals surface area contributed by atoms with E-state index in [4.69, 9.17) is 10.5 Å². The number of nitrogen functional groups attached to an aromatic ring is 1. The van der Waals surface area contributed by atoms with Gasteiger partial charge in [-0.2, -0.15) is 0 Å². The lowest BCUT2D eigenvalue weighted by Crippen LogP contribution is -2.13. The predicted octanol–water partition coefficient (Wildman–Crippen LogP) is 1.19. The zero-order valence-electron chi connectivity index (χ0n) is 11.5. The van der Waals surface area contributed by atoms with Crippen molar-refractivity contribution in [1.29, 1.82) is 0 Å². The molecule has 7 heteroatoms. The smallest absolute Gasteiger partial charge is 0.340 e. The maximum atomic E-state index is 11.9. The fourth-order valence-electron chi connectivity index (χ4n) is 1.78. The fourth-order valence-corrected chi connectivity index (χ4v) is 1.78. The second-order valence-electron chi connectivity index (χ2n) is 4.20. The van der Waals surface area contributed by atoms with E-state index in [1.807, 2.05) is 7.05 Å². The molecule has 2 rings (SSSR count). The Kier molecular flexibility index (Phi) is 4.19. The molecular weight excluding hydrogens is 258 g/mol. The largest absolute Gasteiger partial charge is 0.462 e. The van der Waals surface area contributed by atoms with Gasteiger partial charge in [-0.15, -0.1) is 10.2 Å². The highest BCUT2D eigenvalue weighted by molar-refractivity contribution is 5.98. The summed E-state index contributed by atoms with van der Waals surface area (Å²) < 4.78 is 6.80. The van der Waals surface area contributed by atoms with Crippen LogP contribution >= 0.6 is 0 Å². The minimum Gasteiger partial charge on any atom is -0.462 e. The van der Waals surface area contributed by atoms with Gasteiger partial charge in [0.2, 0.25) is 0 Å². The highest BCUT2D eigenvalue weighted by atomic mass is 16.5. The van der Waals surface area contributed by atoms with Crippen molar-refractivity contribution in [3.8, 4) is 0 Å². The topological polar surface area (TPSA) is 95.1 Å². The standard InChI is InChI=1S/C13H17N5O2/c1-3-20-13(19)9-5-4-6-10(14)12(9)15-7-11-17-16-8-18(11)2/h4-6,8,15H,3,7,14H2,1-2H3. The number of nitrogens with one attached hydrogen (secondary N) is 1. The van der Waals surface area contributed by atoms with Crippen molar-refractivity contribution >= 4 is 17.3 Å². The van der Waals surface area contributed by atoms with Gasteiger partial charge in [0.05, 0.1) is 30.1 Å². The monoisotopic (exact) mass is 275 g/mol. The van der Waals surface area contributed by atoms with Crippen molar-refractivity contribution < 1.29 is 9.53 Å². The molecule has 0 amide bonds. The lowest BCUT2D eigenvalue weighted by Gasteiger charge is -2.13. The number of hydrogen-bond acceptors (Lipinski definition) is 6. The fraction of sp³-hybridized carbons (Fsp3) is 0.308. The third-order valence-electron chi connectivity index (χ3n) is 2.82. The number of carbonyl (C=O) groups is 1. The number of carbonyl (C=O) groups excluding carboxylic acids is 1. The normalized spacial score (nSPS) is 10.3. The number of anilines is 2. The summed E-state index contributed by atoms with van der Waals surface area (Å²) in [6, 6.07) is 5.12. The Bertz CT molecular complexity index is 609. The van der Waals surface area contributed by atoms with E-state index in [2.05, 4.69) is 15.5 Å². The summed E-state index contributed by atoms with van der Waals surface area (Å²) in [6.45, 7) is 2.49. The molecule has 0 saturated carbocycles. The van der Waals surface area contributed by atoms with Gasteiger partial charge < -0.3 is 20.4 Å². The Labute approximate surface area is 116 Å². The maximum Gasteiger partial charge on any atom is 0.340 e. The van der Waals surface area contributed by atoms with Crippen molar-refractivity contribution in [2.75, 3.05) is 17.7 Å². The molecule has 0 bridgehead atoms. The van der Waals surface area contributed by atoms with Gasteiger partial charge in [-0.1, -0.05) is 6.07 Å². The Hall–Kier alpha value is -2.57. The van der Waals surface area contributed by atoms with Crippen LogP contribution in [0.4, 0.5) is 11.4 Å². The summed E-state index contributed by atoms with van der Waals surface area (Å²) in [5, 5.41) is 10.9. The number of esters is 1. The third kappa shape index (κ3) is 2.87. The van der Waals surface area contributed by atoms with Gasteiger partial charge in [0.15, 0.2) is 5.82 Å². The van der Waals surface area contributed by atoms with Crippen LogP contribution in [0.5, 0.6) is 0 Å². The molecule has 20 heavy (non-hydrogen) atoms. The van der Waals surface area contributed by atoms with Crippen molar-refractivity contribution in [3.63, 3.8) is 0 Å². The minimum absolute atomic E-state index is 0.316. The molecule has 0 fully saturated rings. The van der Waals surface area contributed by atoms with Crippen LogP contribution in [0.1, 0.15) is 23.1 Å². The molecule has 106 valence electrons. The second kappa shape index (κ2) is 6.05. The van der Waals surface area contributed by atoms with Crippen LogP contribution in [0.3, 0.4) is 0 Å². The van der Waals surface area contributed by atoms with Crippen LogP contribution in [0.25, 0.3) is 0 Å². The highest BCUT2D eigenvalue weighted by Crippen LogP contribution is 2.24. The number of nitrogens with zero attached hydrogens (tertiary/aromatic N) is 3. The summed E-state index contributed by atoms with van der Waals surface area (Å²) in [5.41, 5.74) is 7.36. The molecule has 0 aliphatic rings. The van der Waals surface area contributed by atoms with Gasteiger partial charge in [-0.05, 0) is 19.1 Å². The van der Waals surface area contributed by atoms with Crippen LogP contribution in [-0.2, 0) is 18.3 Å². The van der Waals surface area contributed by atoms with E-state index >= 15 is 0 Å². The number of aromatic nitrogens is 3. The van der Waals surface area contributed by atoms with E-state index in [-0.39, 0.29) is 0 Å². The summed E-state index contributed by atoms with van der Waals surface area (Å²) in [5.74, 6) is 0.336. The number of benzene rings is 1. The SMILES string of the molecule is CCOC(=O)c1cccc(N)c1NCc1nncn1C. The molecule has 2 aromatic rings. The molecule has 7 nitrogen and oxygen atoms in total. The first-order valence-electron chi connectivity index (χ1n) is 6.25. The average Bonchev–Trinajstić information content (AvgIpc) is 2.83. The summed E-state index contributed by atoms with van der Waals surface area (Å²) in [6.07, 6.45) is 1.61. The summed E-state index contributed by atoms with van der Waals surface area (Å²) >= 11 is 0. The minimum atomic E-state index is -0.403. The zero-order valence-corrected chi connectivity index (χ0v) is 11.5. The maximum absolute atomic E-state index is 11.9. The van der Waals surface area contributed by atoms with Crippen molar-refractivity contribution in [3.05, 3.63) is 35.9 Å². The van der Waals surface area contributed by atoms with E-state index in [1.54, 1.807) is 36.0 Å². The van der Waals surface area contributed by atoms with Gasteiger partial charge in [-0.3, -0.25) is 0 Å². The highest BCUT2D eigenvalue weighted by Gasteiger charge is 2.15. The number of aryl methyl sites for hydroxylation is 1.